The van der Waals surface area contributed by atoms with Gasteiger partial charge in [-0.15, -0.1) is 0 Å². The van der Waals surface area contributed by atoms with Gasteiger partial charge in [0.15, 0.2) is 6.10 Å². The van der Waals surface area contributed by atoms with Gasteiger partial charge in [0.25, 0.3) is 0 Å². The van der Waals surface area contributed by atoms with Crippen molar-refractivity contribution >= 4 is 28.5 Å². The van der Waals surface area contributed by atoms with E-state index in [4.69, 9.17) is 4.74 Å². The number of carboxylic acids is 1. The van der Waals surface area contributed by atoms with Crippen LogP contribution in [0.4, 0.5) is 0 Å². The SMILES string of the molecule is O=C(O)[C@@H](Cc1ccccc1Sc1ccccc1)Oc1cccc2ccccc12. The highest BCUT2D eigenvalue weighted by atomic mass is 32.2. The molecule has 144 valence electrons. The number of aliphatic carboxylic acids is 1. The van der Waals surface area contributed by atoms with E-state index in [1.54, 1.807) is 11.8 Å². The monoisotopic (exact) mass is 400 g/mol. The fourth-order valence-electron chi connectivity index (χ4n) is 3.22. The molecule has 0 aliphatic rings. The first kappa shape index (κ1) is 19.1. The van der Waals surface area contributed by atoms with Crippen molar-refractivity contribution in [2.45, 2.75) is 22.3 Å². The molecule has 4 aromatic carbocycles. The molecule has 4 aromatic rings. The van der Waals surface area contributed by atoms with Crippen LogP contribution in [0.3, 0.4) is 0 Å². The number of hydrogen-bond acceptors (Lipinski definition) is 3. The molecular formula is C25H20O3S. The fraction of sp³-hybridized carbons (Fsp3) is 0.0800. The van der Waals surface area contributed by atoms with Crippen LogP contribution in [0, 0.1) is 0 Å². The van der Waals surface area contributed by atoms with Gasteiger partial charge >= 0.3 is 5.97 Å². The van der Waals surface area contributed by atoms with Crippen LogP contribution >= 0.6 is 11.8 Å². The first-order valence-corrected chi connectivity index (χ1v) is 10.2. The third-order valence-corrected chi connectivity index (χ3v) is 5.77. The molecule has 0 heterocycles. The zero-order chi connectivity index (χ0) is 20.1. The molecule has 1 N–H and O–H groups in total. The van der Waals surface area contributed by atoms with Crippen LogP contribution in [0.1, 0.15) is 5.56 Å². The maximum absolute atomic E-state index is 12.0. The summed E-state index contributed by atoms with van der Waals surface area (Å²) in [5, 5.41) is 11.7. The summed E-state index contributed by atoms with van der Waals surface area (Å²) in [6.07, 6.45) is -0.687. The molecule has 29 heavy (non-hydrogen) atoms. The molecule has 0 saturated carbocycles. The molecule has 1 atom stereocenters. The van der Waals surface area contributed by atoms with Gasteiger partial charge in [0.05, 0.1) is 0 Å². The van der Waals surface area contributed by atoms with Gasteiger partial charge in [0.1, 0.15) is 5.75 Å². The summed E-state index contributed by atoms with van der Waals surface area (Å²) in [6.45, 7) is 0. The van der Waals surface area contributed by atoms with Gasteiger partial charge in [-0.1, -0.05) is 84.6 Å². The summed E-state index contributed by atoms with van der Waals surface area (Å²) < 4.78 is 5.99. The molecule has 4 rings (SSSR count). The van der Waals surface area contributed by atoms with Crippen molar-refractivity contribution in [3.8, 4) is 5.75 Å². The predicted octanol–water partition coefficient (Wildman–Crippen LogP) is 6.07. The van der Waals surface area contributed by atoms with E-state index < -0.39 is 12.1 Å². The van der Waals surface area contributed by atoms with Crippen LogP contribution in [0.25, 0.3) is 10.8 Å². The number of carboxylic acid groups (broad SMARTS) is 1. The first-order chi connectivity index (χ1) is 14.2. The highest BCUT2D eigenvalue weighted by molar-refractivity contribution is 7.99. The lowest BCUT2D eigenvalue weighted by molar-refractivity contribution is -0.145. The van der Waals surface area contributed by atoms with E-state index in [-0.39, 0.29) is 6.42 Å². The number of ether oxygens (including phenoxy) is 1. The Hall–Kier alpha value is -3.24. The van der Waals surface area contributed by atoms with E-state index in [2.05, 4.69) is 0 Å². The van der Waals surface area contributed by atoms with Gasteiger partial charge in [-0.05, 0) is 35.2 Å². The normalized spacial score (nSPS) is 11.9. The molecule has 0 radical (unpaired) electrons. The molecule has 0 unspecified atom stereocenters. The third kappa shape index (κ3) is 4.61. The second kappa shape index (κ2) is 8.84. The van der Waals surface area contributed by atoms with E-state index in [0.29, 0.717) is 5.75 Å². The van der Waals surface area contributed by atoms with E-state index in [0.717, 1.165) is 26.1 Å². The summed E-state index contributed by atoms with van der Waals surface area (Å²) in [4.78, 5) is 14.1. The zero-order valence-electron chi connectivity index (χ0n) is 15.7. The van der Waals surface area contributed by atoms with Gasteiger partial charge in [-0.3, -0.25) is 0 Å². The standard InChI is InChI=1S/C25H20O3S/c26-25(27)23(28-22-15-8-11-18-9-4-6-14-21(18)22)17-19-10-5-7-16-24(19)29-20-12-2-1-3-13-20/h1-16,23H,17H2,(H,26,27)/t23-/m1/s1. The van der Waals surface area contributed by atoms with E-state index in [1.165, 1.54) is 0 Å². The summed E-state index contributed by atoms with van der Waals surface area (Å²) in [7, 11) is 0. The van der Waals surface area contributed by atoms with Crippen molar-refractivity contribution in [3.05, 3.63) is 103 Å². The molecular weight excluding hydrogens is 380 g/mol. The Kier molecular flexibility index (Phi) is 5.82. The second-order valence-corrected chi connectivity index (χ2v) is 7.76. The zero-order valence-corrected chi connectivity index (χ0v) is 16.5. The van der Waals surface area contributed by atoms with Crippen molar-refractivity contribution in [2.75, 3.05) is 0 Å². The van der Waals surface area contributed by atoms with E-state index in [9.17, 15) is 9.90 Å². The first-order valence-electron chi connectivity index (χ1n) is 9.39. The highest BCUT2D eigenvalue weighted by Gasteiger charge is 2.22. The maximum atomic E-state index is 12.0. The molecule has 4 heteroatoms. The van der Waals surface area contributed by atoms with Gasteiger partial charge in [0.2, 0.25) is 0 Å². The van der Waals surface area contributed by atoms with Gasteiger partial charge in [-0.2, -0.15) is 0 Å². The number of hydrogen-bond donors (Lipinski definition) is 1. The van der Waals surface area contributed by atoms with Crippen molar-refractivity contribution in [1.29, 1.82) is 0 Å². The lowest BCUT2D eigenvalue weighted by Crippen LogP contribution is -2.29. The Morgan fingerprint density at radius 1 is 0.828 bits per heavy atom. The minimum atomic E-state index is -0.975. The van der Waals surface area contributed by atoms with Crippen molar-refractivity contribution in [2.24, 2.45) is 0 Å². The summed E-state index contributed by atoms with van der Waals surface area (Å²) in [5.74, 6) is -0.388. The number of rotatable bonds is 7. The number of fused-ring (bicyclic) bond motifs is 1. The Balaban J connectivity index is 1.60. The Morgan fingerprint density at radius 2 is 1.52 bits per heavy atom. The van der Waals surface area contributed by atoms with Gasteiger partial charge in [-0.25, -0.2) is 4.79 Å². The topological polar surface area (TPSA) is 46.5 Å². The Morgan fingerprint density at radius 3 is 2.34 bits per heavy atom. The average Bonchev–Trinajstić information content (AvgIpc) is 2.75. The smallest absolute Gasteiger partial charge is 0.345 e. The van der Waals surface area contributed by atoms with Gasteiger partial charge < -0.3 is 9.84 Å². The van der Waals surface area contributed by atoms with Crippen LogP contribution in [0.15, 0.2) is 107 Å². The summed E-state index contributed by atoms with van der Waals surface area (Å²) >= 11 is 1.63. The molecule has 0 aromatic heterocycles. The number of carbonyl (C=O) groups is 1. The fourth-order valence-corrected chi connectivity index (χ4v) is 4.19. The minimum absolute atomic E-state index is 0.286. The predicted molar refractivity (Wildman–Crippen MR) is 117 cm³/mol. The largest absolute Gasteiger partial charge is 0.478 e. The van der Waals surface area contributed by atoms with Crippen LogP contribution in [-0.4, -0.2) is 17.2 Å². The average molecular weight is 400 g/mol. The van der Waals surface area contributed by atoms with Crippen molar-refractivity contribution in [3.63, 3.8) is 0 Å². The van der Waals surface area contributed by atoms with Crippen molar-refractivity contribution in [1.82, 2.24) is 0 Å². The lowest BCUT2D eigenvalue weighted by atomic mass is 10.1. The Labute approximate surface area is 174 Å². The molecule has 0 bridgehead atoms. The maximum Gasteiger partial charge on any atom is 0.345 e. The highest BCUT2D eigenvalue weighted by Crippen LogP contribution is 2.32. The van der Waals surface area contributed by atoms with Crippen molar-refractivity contribution < 1.29 is 14.6 Å². The second-order valence-electron chi connectivity index (χ2n) is 6.65. The van der Waals surface area contributed by atoms with E-state index >= 15 is 0 Å². The van der Waals surface area contributed by atoms with E-state index in [1.807, 2.05) is 97.1 Å². The minimum Gasteiger partial charge on any atom is -0.478 e. The van der Waals surface area contributed by atoms with Crippen LogP contribution in [-0.2, 0) is 11.2 Å². The molecule has 3 nitrogen and oxygen atoms in total. The van der Waals surface area contributed by atoms with Gasteiger partial charge in [0, 0.05) is 21.6 Å². The lowest BCUT2D eigenvalue weighted by Gasteiger charge is -2.18. The molecule has 0 aliphatic heterocycles. The molecule has 0 saturated heterocycles. The summed E-state index contributed by atoms with van der Waals surface area (Å²) in [6, 6.07) is 31.5. The third-order valence-electron chi connectivity index (χ3n) is 4.64. The molecule has 0 aliphatic carbocycles. The van der Waals surface area contributed by atoms with Crippen LogP contribution in [0.2, 0.25) is 0 Å². The summed E-state index contributed by atoms with van der Waals surface area (Å²) in [5.41, 5.74) is 0.953. The molecule has 0 amide bonds. The number of benzene rings is 4. The quantitative estimate of drug-likeness (QED) is 0.409. The molecule has 0 spiro atoms. The van der Waals surface area contributed by atoms with Crippen LogP contribution in [0.5, 0.6) is 5.75 Å². The molecule has 0 fully saturated rings. The van der Waals surface area contributed by atoms with Crippen LogP contribution < -0.4 is 4.74 Å². The Bertz CT molecular complexity index is 1120.